The molecule has 110 valence electrons. The first-order valence-corrected chi connectivity index (χ1v) is 6.79. The maximum absolute atomic E-state index is 12.3. The van der Waals surface area contributed by atoms with Gasteiger partial charge < -0.3 is 10.1 Å². The smallest absolute Gasteiger partial charge is 0.333 e. The molecule has 0 aliphatic rings. The fourth-order valence-corrected chi connectivity index (χ4v) is 1.59. The van der Waals surface area contributed by atoms with E-state index in [2.05, 4.69) is 5.32 Å². The Labute approximate surface area is 120 Å². The van der Waals surface area contributed by atoms with Gasteiger partial charge in [-0.2, -0.15) is 0 Å². The Kier molecular flexibility index (Phi) is 5.31. The van der Waals surface area contributed by atoms with Crippen LogP contribution in [0.2, 0.25) is 0 Å². The van der Waals surface area contributed by atoms with Gasteiger partial charge in [0, 0.05) is 5.92 Å². The molecule has 0 heterocycles. The molecule has 0 aromatic heterocycles. The van der Waals surface area contributed by atoms with E-state index < -0.39 is 17.6 Å². The van der Waals surface area contributed by atoms with Crippen LogP contribution in [0.25, 0.3) is 0 Å². The lowest BCUT2D eigenvalue weighted by Gasteiger charge is -2.25. The van der Waals surface area contributed by atoms with E-state index in [1.807, 2.05) is 18.2 Å². The van der Waals surface area contributed by atoms with Crippen molar-refractivity contribution in [2.75, 3.05) is 0 Å². The quantitative estimate of drug-likeness (QED) is 0.861. The van der Waals surface area contributed by atoms with E-state index in [-0.39, 0.29) is 11.8 Å². The van der Waals surface area contributed by atoms with Crippen molar-refractivity contribution >= 4 is 11.9 Å². The Hall–Kier alpha value is -1.84. The lowest BCUT2D eigenvalue weighted by atomic mass is 10.1. The zero-order valence-corrected chi connectivity index (χ0v) is 12.8. The van der Waals surface area contributed by atoms with Crippen molar-refractivity contribution < 1.29 is 14.3 Å². The standard InChI is InChI=1S/C16H23NO3/c1-11(2)14(18)17-13(12-9-7-6-8-10-12)15(19)20-16(3,4)5/h6-11,13H,1-5H3,(H,17,18)/t13-/m1/s1. The third-order valence-electron chi connectivity index (χ3n) is 2.59. The molecule has 0 fully saturated rings. The molecule has 4 nitrogen and oxygen atoms in total. The number of rotatable bonds is 4. The molecule has 0 radical (unpaired) electrons. The summed E-state index contributed by atoms with van der Waals surface area (Å²) in [6.45, 7) is 8.98. The molecule has 1 aromatic rings. The van der Waals surface area contributed by atoms with Gasteiger partial charge in [0.2, 0.25) is 5.91 Å². The third-order valence-corrected chi connectivity index (χ3v) is 2.59. The van der Waals surface area contributed by atoms with E-state index in [0.717, 1.165) is 5.56 Å². The van der Waals surface area contributed by atoms with Crippen molar-refractivity contribution in [1.82, 2.24) is 5.32 Å². The molecule has 0 unspecified atom stereocenters. The molecule has 4 heteroatoms. The Morgan fingerprint density at radius 2 is 1.65 bits per heavy atom. The highest BCUT2D eigenvalue weighted by Crippen LogP contribution is 2.19. The van der Waals surface area contributed by atoms with Crippen molar-refractivity contribution in [3.63, 3.8) is 0 Å². The Morgan fingerprint density at radius 1 is 1.10 bits per heavy atom. The number of benzene rings is 1. The van der Waals surface area contributed by atoms with Crippen molar-refractivity contribution in [3.8, 4) is 0 Å². The SMILES string of the molecule is CC(C)C(=O)N[C@@H](C(=O)OC(C)(C)C)c1ccccc1. The first-order valence-electron chi connectivity index (χ1n) is 6.79. The van der Waals surface area contributed by atoms with Crippen LogP contribution in [0.3, 0.4) is 0 Å². The van der Waals surface area contributed by atoms with Gasteiger partial charge in [0.25, 0.3) is 0 Å². The normalized spacial score (nSPS) is 12.9. The summed E-state index contributed by atoms with van der Waals surface area (Å²) in [6.07, 6.45) is 0. The minimum Gasteiger partial charge on any atom is -0.458 e. The minimum atomic E-state index is -0.773. The Balaban J connectivity index is 2.96. The lowest BCUT2D eigenvalue weighted by molar-refractivity contribution is -0.159. The maximum atomic E-state index is 12.3. The van der Waals surface area contributed by atoms with Crippen LogP contribution < -0.4 is 5.32 Å². The molecule has 1 aromatic carbocycles. The molecule has 0 aliphatic carbocycles. The highest BCUT2D eigenvalue weighted by molar-refractivity contribution is 5.86. The largest absolute Gasteiger partial charge is 0.458 e. The Morgan fingerprint density at radius 3 is 2.10 bits per heavy atom. The second-order valence-corrected chi connectivity index (χ2v) is 6.04. The van der Waals surface area contributed by atoms with Gasteiger partial charge in [-0.3, -0.25) is 4.79 Å². The fraction of sp³-hybridized carbons (Fsp3) is 0.500. The Bertz CT molecular complexity index is 460. The van der Waals surface area contributed by atoms with Gasteiger partial charge in [-0.05, 0) is 26.3 Å². The van der Waals surface area contributed by atoms with Gasteiger partial charge in [-0.25, -0.2) is 4.79 Å². The zero-order chi connectivity index (χ0) is 15.3. The van der Waals surface area contributed by atoms with Crippen LogP contribution in [-0.2, 0) is 14.3 Å². The fourth-order valence-electron chi connectivity index (χ4n) is 1.59. The second kappa shape index (κ2) is 6.55. The van der Waals surface area contributed by atoms with Gasteiger partial charge >= 0.3 is 5.97 Å². The van der Waals surface area contributed by atoms with E-state index in [4.69, 9.17) is 4.74 Å². The number of carbonyl (C=O) groups is 2. The number of hydrogen-bond donors (Lipinski definition) is 1. The molecule has 1 atom stereocenters. The third kappa shape index (κ3) is 5.03. The monoisotopic (exact) mass is 277 g/mol. The molecule has 1 rings (SSSR count). The lowest BCUT2D eigenvalue weighted by Crippen LogP contribution is -2.39. The average molecular weight is 277 g/mol. The van der Waals surface area contributed by atoms with E-state index in [1.54, 1.807) is 46.8 Å². The molecule has 0 saturated heterocycles. The molecular weight excluding hydrogens is 254 g/mol. The first kappa shape index (κ1) is 16.2. The topological polar surface area (TPSA) is 55.4 Å². The number of esters is 1. The van der Waals surface area contributed by atoms with Crippen LogP contribution >= 0.6 is 0 Å². The highest BCUT2D eigenvalue weighted by atomic mass is 16.6. The van der Waals surface area contributed by atoms with Crippen LogP contribution in [0.1, 0.15) is 46.2 Å². The number of nitrogens with one attached hydrogen (secondary N) is 1. The summed E-state index contributed by atoms with van der Waals surface area (Å²) in [5.74, 6) is -0.814. The van der Waals surface area contributed by atoms with Crippen molar-refractivity contribution in [1.29, 1.82) is 0 Å². The van der Waals surface area contributed by atoms with Crippen molar-refractivity contribution in [2.45, 2.75) is 46.3 Å². The number of amides is 1. The molecule has 0 saturated carbocycles. The van der Waals surface area contributed by atoms with E-state index in [1.165, 1.54) is 0 Å². The van der Waals surface area contributed by atoms with Crippen LogP contribution in [-0.4, -0.2) is 17.5 Å². The predicted molar refractivity (Wildman–Crippen MR) is 78.0 cm³/mol. The highest BCUT2D eigenvalue weighted by Gasteiger charge is 2.28. The molecule has 1 N–H and O–H groups in total. The summed E-state index contributed by atoms with van der Waals surface area (Å²) in [7, 11) is 0. The number of hydrogen-bond acceptors (Lipinski definition) is 3. The molecule has 0 aliphatic heterocycles. The van der Waals surface area contributed by atoms with Crippen molar-refractivity contribution in [3.05, 3.63) is 35.9 Å². The number of carbonyl (C=O) groups excluding carboxylic acids is 2. The molecule has 20 heavy (non-hydrogen) atoms. The molecular formula is C16H23NO3. The summed E-state index contributed by atoms with van der Waals surface area (Å²) >= 11 is 0. The summed E-state index contributed by atoms with van der Waals surface area (Å²) in [5, 5.41) is 2.74. The second-order valence-electron chi connectivity index (χ2n) is 6.04. The zero-order valence-electron chi connectivity index (χ0n) is 12.8. The van der Waals surface area contributed by atoms with Crippen molar-refractivity contribution in [2.24, 2.45) is 5.92 Å². The maximum Gasteiger partial charge on any atom is 0.333 e. The predicted octanol–water partition coefficient (Wildman–Crippen LogP) is 2.84. The summed E-state index contributed by atoms with van der Waals surface area (Å²) in [6, 6.07) is 8.34. The van der Waals surface area contributed by atoms with Gasteiger partial charge in [0.15, 0.2) is 6.04 Å². The molecule has 1 amide bonds. The van der Waals surface area contributed by atoms with Crippen LogP contribution in [0.5, 0.6) is 0 Å². The van der Waals surface area contributed by atoms with Crippen LogP contribution in [0.4, 0.5) is 0 Å². The van der Waals surface area contributed by atoms with E-state index >= 15 is 0 Å². The average Bonchev–Trinajstić information content (AvgIpc) is 2.34. The van der Waals surface area contributed by atoms with E-state index in [9.17, 15) is 9.59 Å². The summed E-state index contributed by atoms with van der Waals surface area (Å²) in [4.78, 5) is 24.2. The van der Waals surface area contributed by atoms with Gasteiger partial charge in [0.1, 0.15) is 5.60 Å². The van der Waals surface area contributed by atoms with Gasteiger partial charge in [0.05, 0.1) is 0 Å². The van der Waals surface area contributed by atoms with Gasteiger partial charge in [-0.1, -0.05) is 44.2 Å². The molecule has 0 spiro atoms. The van der Waals surface area contributed by atoms with Crippen LogP contribution in [0.15, 0.2) is 30.3 Å². The summed E-state index contributed by atoms with van der Waals surface area (Å²) in [5.41, 5.74) is 0.128. The van der Waals surface area contributed by atoms with E-state index in [0.29, 0.717) is 0 Å². The minimum absolute atomic E-state index is 0.176. The first-order chi connectivity index (χ1) is 9.20. The summed E-state index contributed by atoms with van der Waals surface area (Å²) < 4.78 is 5.38. The number of ether oxygens (including phenoxy) is 1. The van der Waals surface area contributed by atoms with Crippen LogP contribution in [0, 0.1) is 5.92 Å². The van der Waals surface area contributed by atoms with Gasteiger partial charge in [-0.15, -0.1) is 0 Å². The molecule has 0 bridgehead atoms.